The lowest BCUT2D eigenvalue weighted by Crippen LogP contribution is -1.93. The number of benzene rings is 1. The van der Waals surface area contributed by atoms with E-state index >= 15 is 0 Å². The second-order valence-corrected chi connectivity index (χ2v) is 6.58. The lowest BCUT2D eigenvalue weighted by Gasteiger charge is -2.03. The molecule has 2 heterocycles. The Kier molecular flexibility index (Phi) is 5.10. The van der Waals surface area contributed by atoms with Crippen molar-refractivity contribution in [3.05, 3.63) is 80.9 Å². The average Bonchev–Trinajstić information content (AvgIpc) is 3.24. The summed E-state index contributed by atoms with van der Waals surface area (Å²) in [6.07, 6.45) is 3.19. The van der Waals surface area contributed by atoms with Crippen molar-refractivity contribution in [3.63, 3.8) is 0 Å². The SMILES string of the molecule is O=C(/C=C/c1ccc(COc2ccc(Br)cc2)o1)c1cccs1. The van der Waals surface area contributed by atoms with Gasteiger partial charge in [-0.2, -0.15) is 0 Å². The van der Waals surface area contributed by atoms with Crippen LogP contribution in [0.15, 0.2) is 68.9 Å². The molecule has 0 saturated carbocycles. The first-order chi connectivity index (χ1) is 11.2. The number of halogens is 1. The third kappa shape index (κ3) is 4.43. The maximum absolute atomic E-state index is 11.9. The standard InChI is InChI=1S/C18H13BrO3S/c19-13-3-5-14(6-4-13)21-12-16-8-7-15(22-16)9-10-17(20)18-2-1-11-23-18/h1-11H,12H2/b10-9+. The van der Waals surface area contributed by atoms with Crippen LogP contribution in [0, 0.1) is 0 Å². The van der Waals surface area contributed by atoms with Crippen LogP contribution in [0.2, 0.25) is 0 Å². The first kappa shape index (κ1) is 15.8. The first-order valence-electron chi connectivity index (χ1n) is 6.94. The van der Waals surface area contributed by atoms with Crippen LogP contribution < -0.4 is 4.74 Å². The fourth-order valence-corrected chi connectivity index (χ4v) is 2.82. The van der Waals surface area contributed by atoms with Gasteiger partial charge in [0.15, 0.2) is 5.78 Å². The maximum atomic E-state index is 11.9. The van der Waals surface area contributed by atoms with Gasteiger partial charge in [0.25, 0.3) is 0 Å². The normalized spacial score (nSPS) is 11.0. The summed E-state index contributed by atoms with van der Waals surface area (Å²) >= 11 is 4.80. The molecule has 3 nitrogen and oxygen atoms in total. The number of furan rings is 1. The number of thiophene rings is 1. The van der Waals surface area contributed by atoms with Gasteiger partial charge in [-0.05, 0) is 60.0 Å². The monoisotopic (exact) mass is 388 g/mol. The zero-order valence-electron chi connectivity index (χ0n) is 12.1. The molecule has 0 aliphatic rings. The van der Waals surface area contributed by atoms with Gasteiger partial charge in [-0.3, -0.25) is 4.79 Å². The zero-order chi connectivity index (χ0) is 16.1. The molecule has 0 spiro atoms. The van der Waals surface area contributed by atoms with Crippen LogP contribution in [-0.2, 0) is 6.61 Å². The van der Waals surface area contributed by atoms with Crippen molar-refractivity contribution < 1.29 is 13.9 Å². The van der Waals surface area contributed by atoms with Gasteiger partial charge < -0.3 is 9.15 Å². The highest BCUT2D eigenvalue weighted by Crippen LogP contribution is 2.18. The predicted octanol–water partition coefficient (Wildman–Crippen LogP) is 5.58. The number of rotatable bonds is 6. The Bertz CT molecular complexity index is 801. The molecule has 3 rings (SSSR count). The molecule has 0 unspecified atom stereocenters. The molecule has 0 N–H and O–H groups in total. The van der Waals surface area contributed by atoms with Crippen LogP contribution >= 0.6 is 27.3 Å². The van der Waals surface area contributed by atoms with E-state index in [1.807, 2.05) is 47.8 Å². The predicted molar refractivity (Wildman–Crippen MR) is 94.9 cm³/mol. The summed E-state index contributed by atoms with van der Waals surface area (Å²) in [7, 11) is 0. The number of ether oxygens (including phenoxy) is 1. The number of carbonyl (C=O) groups excluding carboxylic acids is 1. The first-order valence-corrected chi connectivity index (χ1v) is 8.61. The molecule has 0 radical (unpaired) electrons. The van der Waals surface area contributed by atoms with Crippen molar-refractivity contribution >= 4 is 39.1 Å². The maximum Gasteiger partial charge on any atom is 0.195 e. The molecule has 0 aliphatic carbocycles. The zero-order valence-corrected chi connectivity index (χ0v) is 14.5. The molecule has 0 aliphatic heterocycles. The third-order valence-corrected chi connectivity index (χ3v) is 4.45. The van der Waals surface area contributed by atoms with Crippen molar-refractivity contribution in [2.75, 3.05) is 0 Å². The van der Waals surface area contributed by atoms with Gasteiger partial charge in [0.05, 0.1) is 4.88 Å². The van der Waals surface area contributed by atoms with Gasteiger partial charge in [-0.1, -0.05) is 22.0 Å². The van der Waals surface area contributed by atoms with E-state index < -0.39 is 0 Å². The Hall–Kier alpha value is -2.11. The summed E-state index contributed by atoms with van der Waals surface area (Å²) in [4.78, 5) is 12.6. The summed E-state index contributed by atoms with van der Waals surface area (Å²) < 4.78 is 12.3. The summed E-state index contributed by atoms with van der Waals surface area (Å²) in [5, 5.41) is 1.88. The van der Waals surface area contributed by atoms with Crippen molar-refractivity contribution in [3.8, 4) is 5.75 Å². The Morgan fingerprint density at radius 2 is 2.00 bits per heavy atom. The van der Waals surface area contributed by atoms with Crippen LogP contribution in [-0.4, -0.2) is 5.78 Å². The fourth-order valence-electron chi connectivity index (χ4n) is 1.91. The van der Waals surface area contributed by atoms with Crippen LogP contribution in [0.4, 0.5) is 0 Å². The van der Waals surface area contributed by atoms with E-state index in [4.69, 9.17) is 9.15 Å². The Morgan fingerprint density at radius 1 is 1.17 bits per heavy atom. The van der Waals surface area contributed by atoms with Crippen molar-refractivity contribution in [1.29, 1.82) is 0 Å². The number of hydrogen-bond donors (Lipinski definition) is 0. The largest absolute Gasteiger partial charge is 0.486 e. The van der Waals surface area contributed by atoms with E-state index in [0.29, 0.717) is 23.0 Å². The van der Waals surface area contributed by atoms with Gasteiger partial charge in [0, 0.05) is 4.47 Å². The number of allylic oxidation sites excluding steroid dienone is 1. The molecule has 116 valence electrons. The van der Waals surface area contributed by atoms with E-state index in [2.05, 4.69) is 15.9 Å². The van der Waals surface area contributed by atoms with E-state index in [1.165, 1.54) is 17.4 Å². The molecule has 0 fully saturated rings. The van der Waals surface area contributed by atoms with Gasteiger partial charge in [-0.25, -0.2) is 0 Å². The van der Waals surface area contributed by atoms with Crippen LogP contribution in [0.25, 0.3) is 6.08 Å². The molecule has 3 aromatic rings. The lowest BCUT2D eigenvalue weighted by molar-refractivity contribution is 0.105. The molecule has 0 saturated heterocycles. The molecule has 23 heavy (non-hydrogen) atoms. The molecule has 0 amide bonds. The average molecular weight is 389 g/mol. The number of hydrogen-bond acceptors (Lipinski definition) is 4. The molecule has 5 heteroatoms. The van der Waals surface area contributed by atoms with E-state index in [-0.39, 0.29) is 5.78 Å². The third-order valence-electron chi connectivity index (χ3n) is 3.04. The van der Waals surface area contributed by atoms with Crippen LogP contribution in [0.1, 0.15) is 21.2 Å². The molecular formula is C18H13BrO3S. The van der Waals surface area contributed by atoms with Crippen LogP contribution in [0.3, 0.4) is 0 Å². The van der Waals surface area contributed by atoms with Crippen molar-refractivity contribution in [1.82, 2.24) is 0 Å². The topological polar surface area (TPSA) is 39.4 Å². The van der Waals surface area contributed by atoms with E-state index in [9.17, 15) is 4.79 Å². The smallest absolute Gasteiger partial charge is 0.195 e. The number of ketones is 1. The van der Waals surface area contributed by atoms with Crippen LogP contribution in [0.5, 0.6) is 5.75 Å². The minimum absolute atomic E-state index is 0.0240. The Balaban J connectivity index is 1.57. The highest BCUT2D eigenvalue weighted by molar-refractivity contribution is 9.10. The van der Waals surface area contributed by atoms with Crippen molar-refractivity contribution in [2.24, 2.45) is 0 Å². The molecule has 0 atom stereocenters. The second kappa shape index (κ2) is 7.44. The summed E-state index contributed by atoms with van der Waals surface area (Å²) in [6.45, 7) is 0.342. The summed E-state index contributed by atoms with van der Waals surface area (Å²) in [6, 6.07) is 14.9. The lowest BCUT2D eigenvalue weighted by atomic mass is 10.3. The summed E-state index contributed by atoms with van der Waals surface area (Å²) in [5.41, 5.74) is 0. The van der Waals surface area contributed by atoms with Gasteiger partial charge in [0.1, 0.15) is 23.9 Å². The Morgan fingerprint density at radius 3 is 2.74 bits per heavy atom. The van der Waals surface area contributed by atoms with E-state index in [1.54, 1.807) is 12.1 Å². The molecule has 2 aromatic heterocycles. The minimum Gasteiger partial charge on any atom is -0.486 e. The fraction of sp³-hybridized carbons (Fsp3) is 0.0556. The quantitative estimate of drug-likeness (QED) is 0.408. The highest BCUT2D eigenvalue weighted by Gasteiger charge is 2.04. The minimum atomic E-state index is -0.0240. The highest BCUT2D eigenvalue weighted by atomic mass is 79.9. The van der Waals surface area contributed by atoms with Gasteiger partial charge >= 0.3 is 0 Å². The van der Waals surface area contributed by atoms with Crippen molar-refractivity contribution in [2.45, 2.75) is 6.61 Å². The number of carbonyl (C=O) groups is 1. The second-order valence-electron chi connectivity index (χ2n) is 4.72. The molecule has 1 aromatic carbocycles. The Labute approximate surface area is 146 Å². The molecular weight excluding hydrogens is 376 g/mol. The van der Waals surface area contributed by atoms with Gasteiger partial charge in [-0.15, -0.1) is 11.3 Å². The van der Waals surface area contributed by atoms with Gasteiger partial charge in [0.2, 0.25) is 0 Å². The van der Waals surface area contributed by atoms with E-state index in [0.717, 1.165) is 10.2 Å². The molecule has 0 bridgehead atoms. The summed E-state index contributed by atoms with van der Waals surface area (Å²) in [5.74, 6) is 2.08.